The number of para-hydroxylation sites is 1. The summed E-state index contributed by atoms with van der Waals surface area (Å²) in [6, 6.07) is 8.31. The third kappa shape index (κ3) is 2.35. The number of thiazole rings is 1. The highest BCUT2D eigenvalue weighted by molar-refractivity contribution is 7.16. The number of hydrogen-bond acceptors (Lipinski definition) is 2. The molecule has 0 unspecified atom stereocenters. The average molecular weight is 234 g/mol. The first-order valence-corrected chi connectivity index (χ1v) is 6.77. The average Bonchev–Trinajstić information content (AvgIpc) is 2.61. The van der Waals surface area contributed by atoms with Gasteiger partial charge in [0.25, 0.3) is 0 Å². The highest BCUT2D eigenvalue weighted by Crippen LogP contribution is 2.17. The quantitative estimate of drug-likeness (QED) is 0.763. The third-order valence-corrected chi connectivity index (χ3v) is 3.82. The largest absolute Gasteiger partial charge is 0.317 e. The van der Waals surface area contributed by atoms with Crippen LogP contribution in [-0.2, 0) is 6.54 Å². The number of nitrogens with one attached hydrogen (secondary N) is 1. The topological polar surface area (TPSA) is 28.8 Å². The van der Waals surface area contributed by atoms with Gasteiger partial charge in [-0.1, -0.05) is 49.7 Å². The molecule has 0 bridgehead atoms. The summed E-state index contributed by atoms with van der Waals surface area (Å²) < 4.78 is 3.36. The van der Waals surface area contributed by atoms with Crippen molar-refractivity contribution >= 4 is 21.6 Å². The molecule has 0 saturated carbocycles. The Balaban J connectivity index is 2.16. The predicted molar refractivity (Wildman–Crippen MR) is 69.8 cm³/mol. The van der Waals surface area contributed by atoms with E-state index in [2.05, 4.69) is 29.7 Å². The lowest BCUT2D eigenvalue weighted by Crippen LogP contribution is -2.12. The molecule has 16 heavy (non-hydrogen) atoms. The standard InChI is InChI=1S/C13H18N2S/c1-2-3-4-7-10-15-11-8-5-6-9-12(11)16-13(15)14/h5-6,8-9,14H,2-4,7,10H2,1H3. The molecule has 0 spiro atoms. The number of rotatable bonds is 5. The van der Waals surface area contributed by atoms with E-state index in [0.29, 0.717) is 4.80 Å². The maximum atomic E-state index is 7.96. The van der Waals surface area contributed by atoms with Gasteiger partial charge in [-0.05, 0) is 18.6 Å². The Labute approximate surface area is 100 Å². The Hall–Kier alpha value is -1.09. The zero-order valence-electron chi connectivity index (χ0n) is 9.70. The molecule has 2 aromatic rings. The van der Waals surface area contributed by atoms with E-state index in [1.54, 1.807) is 11.3 Å². The van der Waals surface area contributed by atoms with Crippen molar-refractivity contribution in [3.63, 3.8) is 0 Å². The van der Waals surface area contributed by atoms with Crippen molar-refractivity contribution in [2.24, 2.45) is 0 Å². The van der Waals surface area contributed by atoms with Crippen molar-refractivity contribution in [1.82, 2.24) is 4.57 Å². The van der Waals surface area contributed by atoms with Gasteiger partial charge in [-0.15, -0.1) is 0 Å². The second-order valence-corrected chi connectivity index (χ2v) is 5.12. The normalized spacial score (nSPS) is 11.1. The monoisotopic (exact) mass is 234 g/mol. The van der Waals surface area contributed by atoms with E-state index in [1.165, 1.54) is 35.9 Å². The number of unbranched alkanes of at least 4 members (excludes halogenated alkanes) is 3. The Morgan fingerprint density at radius 2 is 2.00 bits per heavy atom. The molecule has 0 aliphatic heterocycles. The van der Waals surface area contributed by atoms with Crippen LogP contribution in [0.1, 0.15) is 32.6 Å². The molecule has 1 N–H and O–H groups in total. The number of nitrogens with zero attached hydrogens (tertiary/aromatic N) is 1. The Morgan fingerprint density at radius 1 is 1.19 bits per heavy atom. The summed E-state index contributed by atoms with van der Waals surface area (Å²) in [4.78, 5) is 0.678. The van der Waals surface area contributed by atoms with E-state index < -0.39 is 0 Å². The van der Waals surface area contributed by atoms with Gasteiger partial charge in [-0.2, -0.15) is 0 Å². The van der Waals surface area contributed by atoms with Crippen molar-refractivity contribution in [1.29, 1.82) is 5.41 Å². The van der Waals surface area contributed by atoms with Crippen molar-refractivity contribution in [3.8, 4) is 0 Å². The van der Waals surface area contributed by atoms with Gasteiger partial charge in [0.2, 0.25) is 0 Å². The summed E-state index contributed by atoms with van der Waals surface area (Å²) in [5, 5.41) is 7.96. The minimum Gasteiger partial charge on any atom is -0.317 e. The van der Waals surface area contributed by atoms with Gasteiger partial charge in [0.1, 0.15) is 0 Å². The number of fused-ring (bicyclic) bond motifs is 1. The van der Waals surface area contributed by atoms with E-state index in [4.69, 9.17) is 5.41 Å². The fourth-order valence-corrected chi connectivity index (χ4v) is 2.89. The molecule has 1 heterocycles. The number of aryl methyl sites for hydroxylation is 1. The van der Waals surface area contributed by atoms with E-state index in [0.717, 1.165) is 6.54 Å². The first-order valence-electron chi connectivity index (χ1n) is 5.96. The van der Waals surface area contributed by atoms with Crippen LogP contribution in [0.3, 0.4) is 0 Å². The van der Waals surface area contributed by atoms with Crippen LogP contribution in [0.2, 0.25) is 0 Å². The number of aromatic nitrogens is 1. The van der Waals surface area contributed by atoms with Crippen molar-refractivity contribution < 1.29 is 0 Å². The van der Waals surface area contributed by atoms with Crippen LogP contribution in [0.15, 0.2) is 24.3 Å². The van der Waals surface area contributed by atoms with E-state index in [9.17, 15) is 0 Å². The lowest BCUT2D eigenvalue weighted by molar-refractivity contribution is 0.582. The number of hydrogen-bond donors (Lipinski definition) is 1. The lowest BCUT2D eigenvalue weighted by atomic mass is 10.2. The summed E-state index contributed by atoms with van der Waals surface area (Å²) in [5.74, 6) is 0. The highest BCUT2D eigenvalue weighted by Gasteiger charge is 2.03. The Morgan fingerprint density at radius 3 is 2.81 bits per heavy atom. The second-order valence-electron chi connectivity index (χ2n) is 4.09. The van der Waals surface area contributed by atoms with Crippen molar-refractivity contribution in [2.45, 2.75) is 39.2 Å². The zero-order valence-corrected chi connectivity index (χ0v) is 10.5. The summed E-state index contributed by atoms with van der Waals surface area (Å²) in [7, 11) is 0. The van der Waals surface area contributed by atoms with E-state index >= 15 is 0 Å². The molecule has 2 rings (SSSR count). The molecular formula is C13H18N2S. The minimum absolute atomic E-state index is 0.678. The minimum atomic E-state index is 0.678. The lowest BCUT2D eigenvalue weighted by Gasteiger charge is -2.03. The molecule has 86 valence electrons. The van der Waals surface area contributed by atoms with Gasteiger partial charge in [-0.25, -0.2) is 0 Å². The Bertz CT molecular complexity index is 510. The fraction of sp³-hybridized carbons (Fsp3) is 0.462. The maximum Gasteiger partial charge on any atom is 0.182 e. The molecule has 0 saturated heterocycles. The van der Waals surface area contributed by atoms with Gasteiger partial charge < -0.3 is 4.57 Å². The third-order valence-electron chi connectivity index (χ3n) is 2.84. The first kappa shape index (κ1) is 11.4. The molecule has 0 amide bonds. The van der Waals surface area contributed by atoms with Crippen LogP contribution < -0.4 is 4.80 Å². The van der Waals surface area contributed by atoms with Gasteiger partial charge in [0, 0.05) is 6.54 Å². The van der Waals surface area contributed by atoms with E-state index in [-0.39, 0.29) is 0 Å². The fourth-order valence-electron chi connectivity index (χ4n) is 1.95. The molecule has 0 fully saturated rings. The van der Waals surface area contributed by atoms with Crippen LogP contribution in [0.25, 0.3) is 10.2 Å². The zero-order chi connectivity index (χ0) is 11.4. The summed E-state index contributed by atoms with van der Waals surface area (Å²) >= 11 is 1.57. The summed E-state index contributed by atoms with van der Waals surface area (Å²) in [5.41, 5.74) is 1.22. The van der Waals surface area contributed by atoms with Gasteiger partial charge in [0.05, 0.1) is 10.2 Å². The summed E-state index contributed by atoms with van der Waals surface area (Å²) in [6.07, 6.45) is 5.02. The van der Waals surface area contributed by atoms with Crippen LogP contribution in [0, 0.1) is 5.41 Å². The van der Waals surface area contributed by atoms with Gasteiger partial charge in [0.15, 0.2) is 4.80 Å². The molecule has 1 aromatic carbocycles. The molecular weight excluding hydrogens is 216 g/mol. The molecule has 1 aromatic heterocycles. The first-order chi connectivity index (χ1) is 7.83. The molecule has 0 radical (unpaired) electrons. The molecule has 2 nitrogen and oxygen atoms in total. The van der Waals surface area contributed by atoms with E-state index in [1.807, 2.05) is 6.07 Å². The summed E-state index contributed by atoms with van der Waals surface area (Å²) in [6.45, 7) is 3.21. The van der Waals surface area contributed by atoms with Crippen LogP contribution in [-0.4, -0.2) is 4.57 Å². The van der Waals surface area contributed by atoms with Gasteiger partial charge in [-0.3, -0.25) is 5.41 Å². The molecule has 3 heteroatoms. The highest BCUT2D eigenvalue weighted by atomic mass is 32.1. The maximum absolute atomic E-state index is 7.96. The van der Waals surface area contributed by atoms with Crippen LogP contribution in [0.4, 0.5) is 0 Å². The molecule has 0 aliphatic rings. The molecule has 0 atom stereocenters. The number of benzene rings is 1. The molecule has 0 aliphatic carbocycles. The van der Waals surface area contributed by atoms with Gasteiger partial charge >= 0.3 is 0 Å². The van der Waals surface area contributed by atoms with Crippen LogP contribution in [0.5, 0.6) is 0 Å². The SMILES string of the molecule is CCCCCCn1c(=N)sc2ccccc21. The van der Waals surface area contributed by atoms with Crippen molar-refractivity contribution in [2.75, 3.05) is 0 Å². The Kier molecular flexibility index (Phi) is 3.78. The van der Waals surface area contributed by atoms with Crippen molar-refractivity contribution in [3.05, 3.63) is 29.1 Å². The van der Waals surface area contributed by atoms with Crippen LogP contribution >= 0.6 is 11.3 Å². The predicted octanol–water partition coefficient (Wildman–Crippen LogP) is 3.76. The smallest absolute Gasteiger partial charge is 0.182 e. The second kappa shape index (κ2) is 5.30.